The molecule has 1 unspecified atom stereocenters. The number of nitrogens with zero attached hydrogens (tertiary/aromatic N) is 3. The Hall–Kier alpha value is -1.21. The second kappa shape index (κ2) is 4.34. The van der Waals surface area contributed by atoms with E-state index in [0.717, 1.165) is 25.3 Å². The first-order valence-corrected chi connectivity index (χ1v) is 5.67. The van der Waals surface area contributed by atoms with Crippen LogP contribution in [0.5, 0.6) is 0 Å². The van der Waals surface area contributed by atoms with Crippen molar-refractivity contribution in [1.29, 1.82) is 0 Å². The van der Waals surface area contributed by atoms with Gasteiger partial charge in [-0.05, 0) is 22.4 Å². The number of hydrogen-bond acceptors (Lipinski definition) is 5. The lowest BCUT2D eigenvalue weighted by molar-refractivity contribution is -0.385. The molecule has 1 aliphatic heterocycles. The van der Waals surface area contributed by atoms with E-state index < -0.39 is 4.92 Å². The number of rotatable bonds is 2. The fourth-order valence-corrected chi connectivity index (χ4v) is 2.32. The van der Waals surface area contributed by atoms with Gasteiger partial charge in [0, 0.05) is 25.2 Å². The molecule has 0 bridgehead atoms. The number of nitrogens with two attached hydrogens (primary N) is 1. The molecule has 1 aromatic heterocycles. The van der Waals surface area contributed by atoms with Crippen molar-refractivity contribution in [2.45, 2.75) is 12.5 Å². The van der Waals surface area contributed by atoms with Crippen molar-refractivity contribution in [1.82, 2.24) is 4.98 Å². The largest absolute Gasteiger partial charge is 0.354 e. The van der Waals surface area contributed by atoms with Gasteiger partial charge in [0.25, 0.3) is 5.69 Å². The number of anilines is 1. The molecule has 1 fully saturated rings. The maximum absolute atomic E-state index is 10.5. The van der Waals surface area contributed by atoms with E-state index >= 15 is 0 Å². The lowest BCUT2D eigenvalue weighted by Gasteiger charge is -2.17. The maximum atomic E-state index is 10.5. The van der Waals surface area contributed by atoms with Gasteiger partial charge >= 0.3 is 0 Å². The van der Waals surface area contributed by atoms with Gasteiger partial charge in [-0.3, -0.25) is 10.1 Å². The summed E-state index contributed by atoms with van der Waals surface area (Å²) in [6.45, 7) is 1.58. The van der Waals surface area contributed by atoms with Crippen LogP contribution in [-0.4, -0.2) is 29.0 Å². The van der Waals surface area contributed by atoms with Crippen molar-refractivity contribution in [3.8, 4) is 0 Å². The van der Waals surface area contributed by atoms with Gasteiger partial charge in [0.1, 0.15) is 12.0 Å². The second-order valence-corrected chi connectivity index (χ2v) is 4.61. The number of halogens is 1. The molecule has 1 saturated heterocycles. The van der Waals surface area contributed by atoms with Crippen molar-refractivity contribution in [3.05, 3.63) is 26.9 Å². The lowest BCUT2D eigenvalue weighted by atomic mass is 10.3. The van der Waals surface area contributed by atoms with Crippen LogP contribution in [0.4, 0.5) is 11.5 Å². The van der Waals surface area contributed by atoms with Crippen molar-refractivity contribution >= 4 is 27.4 Å². The third-order valence-electron chi connectivity index (χ3n) is 2.54. The second-order valence-electron chi connectivity index (χ2n) is 3.75. The topological polar surface area (TPSA) is 85.3 Å². The molecule has 0 aliphatic carbocycles. The molecular formula is C9H11BrN4O2. The van der Waals surface area contributed by atoms with Crippen LogP contribution in [0.15, 0.2) is 16.7 Å². The molecule has 1 atom stereocenters. The van der Waals surface area contributed by atoms with Crippen LogP contribution in [0.2, 0.25) is 0 Å². The molecule has 2 N–H and O–H groups in total. The molecule has 0 spiro atoms. The number of aromatic nitrogens is 1. The van der Waals surface area contributed by atoms with E-state index in [1.54, 1.807) is 0 Å². The van der Waals surface area contributed by atoms with Crippen LogP contribution in [0.3, 0.4) is 0 Å². The van der Waals surface area contributed by atoms with E-state index in [1.165, 1.54) is 12.3 Å². The van der Waals surface area contributed by atoms with Crippen molar-refractivity contribution < 1.29 is 4.92 Å². The highest BCUT2D eigenvalue weighted by Crippen LogP contribution is 2.29. The Balaban J connectivity index is 2.26. The van der Waals surface area contributed by atoms with Crippen molar-refractivity contribution in [2.75, 3.05) is 18.0 Å². The summed E-state index contributed by atoms with van der Waals surface area (Å²) in [5, 5.41) is 10.5. The van der Waals surface area contributed by atoms with Crippen LogP contribution >= 0.6 is 15.9 Å². The van der Waals surface area contributed by atoms with Gasteiger partial charge in [0.15, 0.2) is 0 Å². The predicted molar refractivity (Wildman–Crippen MR) is 63.4 cm³/mol. The Morgan fingerprint density at radius 1 is 1.69 bits per heavy atom. The molecular weight excluding hydrogens is 276 g/mol. The fourth-order valence-electron chi connectivity index (χ4n) is 1.73. The molecule has 0 saturated carbocycles. The van der Waals surface area contributed by atoms with Crippen LogP contribution in [0.25, 0.3) is 0 Å². The van der Waals surface area contributed by atoms with Crippen molar-refractivity contribution in [2.24, 2.45) is 5.73 Å². The average Bonchev–Trinajstić information content (AvgIpc) is 2.64. The first kappa shape index (κ1) is 11.3. The molecule has 7 heteroatoms. The summed E-state index contributed by atoms with van der Waals surface area (Å²) in [6, 6.07) is 1.62. The first-order valence-electron chi connectivity index (χ1n) is 4.88. The molecule has 6 nitrogen and oxygen atoms in total. The van der Waals surface area contributed by atoms with Crippen LogP contribution < -0.4 is 10.6 Å². The highest BCUT2D eigenvalue weighted by Gasteiger charge is 2.23. The third-order valence-corrected chi connectivity index (χ3v) is 3.13. The van der Waals surface area contributed by atoms with E-state index in [1.807, 2.05) is 4.90 Å². The highest BCUT2D eigenvalue weighted by atomic mass is 79.9. The first-order chi connectivity index (χ1) is 7.58. The van der Waals surface area contributed by atoms with E-state index in [9.17, 15) is 10.1 Å². The van der Waals surface area contributed by atoms with E-state index in [0.29, 0.717) is 4.47 Å². The SMILES string of the molecule is NC1CCN(c2ncc([N+](=O)[O-])cc2Br)C1. The molecule has 86 valence electrons. The summed E-state index contributed by atoms with van der Waals surface area (Å²) < 4.78 is 0.635. The molecule has 16 heavy (non-hydrogen) atoms. The van der Waals surface area contributed by atoms with Crippen molar-refractivity contribution in [3.63, 3.8) is 0 Å². The van der Waals surface area contributed by atoms with Crippen LogP contribution in [-0.2, 0) is 0 Å². The summed E-state index contributed by atoms with van der Waals surface area (Å²) in [6.07, 6.45) is 2.19. The minimum atomic E-state index is -0.461. The van der Waals surface area contributed by atoms with Gasteiger partial charge in [-0.2, -0.15) is 0 Å². The minimum absolute atomic E-state index is 0.0147. The summed E-state index contributed by atoms with van der Waals surface area (Å²) in [5.74, 6) is 0.721. The minimum Gasteiger partial charge on any atom is -0.354 e. The molecule has 0 radical (unpaired) electrons. The predicted octanol–water partition coefficient (Wildman–Crippen LogP) is 1.29. The average molecular weight is 287 g/mol. The van der Waals surface area contributed by atoms with Crippen LogP contribution in [0.1, 0.15) is 6.42 Å². The number of hydrogen-bond donors (Lipinski definition) is 1. The molecule has 2 rings (SSSR count). The molecule has 1 aliphatic rings. The standard InChI is InChI=1S/C9H11BrN4O2/c10-8-3-7(14(15)16)4-12-9(8)13-2-1-6(11)5-13/h3-4,6H,1-2,5,11H2. The Bertz CT molecular complexity index is 426. The van der Waals surface area contributed by atoms with E-state index in [-0.39, 0.29) is 11.7 Å². The monoisotopic (exact) mass is 286 g/mol. The zero-order chi connectivity index (χ0) is 11.7. The van der Waals surface area contributed by atoms with Gasteiger partial charge in [-0.25, -0.2) is 4.98 Å². The molecule has 2 heterocycles. The summed E-state index contributed by atoms with van der Waals surface area (Å²) in [5.41, 5.74) is 5.78. The summed E-state index contributed by atoms with van der Waals surface area (Å²) >= 11 is 3.30. The summed E-state index contributed by atoms with van der Waals surface area (Å²) in [4.78, 5) is 16.2. The van der Waals surface area contributed by atoms with E-state index in [4.69, 9.17) is 5.73 Å². The maximum Gasteiger partial charge on any atom is 0.288 e. The van der Waals surface area contributed by atoms with E-state index in [2.05, 4.69) is 20.9 Å². The molecule has 0 aromatic carbocycles. The molecule has 1 aromatic rings. The number of pyridine rings is 1. The zero-order valence-electron chi connectivity index (χ0n) is 8.47. The summed E-state index contributed by atoms with van der Waals surface area (Å²) in [7, 11) is 0. The number of nitro groups is 1. The normalized spacial score (nSPS) is 20.1. The zero-order valence-corrected chi connectivity index (χ0v) is 10.1. The fraction of sp³-hybridized carbons (Fsp3) is 0.444. The Morgan fingerprint density at radius 3 is 2.94 bits per heavy atom. The quantitative estimate of drug-likeness (QED) is 0.654. The van der Waals surface area contributed by atoms with Gasteiger partial charge in [-0.1, -0.05) is 0 Å². The van der Waals surface area contributed by atoms with Gasteiger partial charge in [0.05, 0.1) is 9.40 Å². The third kappa shape index (κ3) is 2.14. The van der Waals surface area contributed by atoms with Gasteiger partial charge in [-0.15, -0.1) is 0 Å². The smallest absolute Gasteiger partial charge is 0.288 e. The van der Waals surface area contributed by atoms with Gasteiger partial charge < -0.3 is 10.6 Å². The Labute approximate surface area is 101 Å². The Morgan fingerprint density at radius 2 is 2.44 bits per heavy atom. The molecule has 0 amide bonds. The van der Waals surface area contributed by atoms with Crippen LogP contribution in [0, 0.1) is 10.1 Å². The van der Waals surface area contributed by atoms with Gasteiger partial charge in [0.2, 0.25) is 0 Å². The Kier molecular flexibility index (Phi) is 3.06. The lowest BCUT2D eigenvalue weighted by Crippen LogP contribution is -2.27. The highest BCUT2D eigenvalue weighted by molar-refractivity contribution is 9.10.